The number of ether oxygens (including phenoxy) is 1. The van der Waals surface area contributed by atoms with Gasteiger partial charge in [-0.15, -0.1) is 11.6 Å². The molecule has 3 atom stereocenters. The topological polar surface area (TPSA) is 9.23 Å². The van der Waals surface area contributed by atoms with Gasteiger partial charge in [0.05, 0.1) is 5.60 Å². The molecule has 1 spiro atoms. The Bertz CT molecular complexity index is 226. The SMILES string of the molecule is CC1CC(C)(C)CC12CC(Cl)CCO2. The third-order valence-electron chi connectivity index (χ3n) is 3.92. The lowest BCUT2D eigenvalue weighted by Crippen LogP contribution is -2.42. The summed E-state index contributed by atoms with van der Waals surface area (Å²) >= 11 is 6.26. The van der Waals surface area contributed by atoms with Crippen LogP contribution in [0.15, 0.2) is 0 Å². The van der Waals surface area contributed by atoms with Gasteiger partial charge in [-0.25, -0.2) is 0 Å². The van der Waals surface area contributed by atoms with Crippen molar-refractivity contribution in [3.63, 3.8) is 0 Å². The Balaban J connectivity index is 2.15. The molecule has 1 saturated carbocycles. The number of halogens is 1. The van der Waals surface area contributed by atoms with Crippen molar-refractivity contribution in [1.29, 1.82) is 0 Å². The van der Waals surface area contributed by atoms with Crippen molar-refractivity contribution >= 4 is 11.6 Å². The zero-order chi connectivity index (χ0) is 10.4. The van der Waals surface area contributed by atoms with Crippen LogP contribution in [-0.4, -0.2) is 17.6 Å². The van der Waals surface area contributed by atoms with Crippen LogP contribution in [0.4, 0.5) is 0 Å². The van der Waals surface area contributed by atoms with Gasteiger partial charge in [0.1, 0.15) is 0 Å². The molecule has 3 unspecified atom stereocenters. The summed E-state index contributed by atoms with van der Waals surface area (Å²) in [4.78, 5) is 0. The summed E-state index contributed by atoms with van der Waals surface area (Å²) in [7, 11) is 0. The largest absolute Gasteiger partial charge is 0.375 e. The third kappa shape index (κ3) is 1.81. The maximum atomic E-state index is 6.26. The Kier molecular flexibility index (Phi) is 2.60. The van der Waals surface area contributed by atoms with Crippen molar-refractivity contribution in [3.8, 4) is 0 Å². The maximum absolute atomic E-state index is 6.26. The Hall–Kier alpha value is 0.250. The first-order valence-corrected chi connectivity index (χ1v) is 6.15. The second-order valence-electron chi connectivity index (χ2n) is 5.95. The number of hydrogen-bond acceptors (Lipinski definition) is 1. The van der Waals surface area contributed by atoms with Crippen LogP contribution in [0.3, 0.4) is 0 Å². The quantitative estimate of drug-likeness (QED) is 0.563. The van der Waals surface area contributed by atoms with Crippen molar-refractivity contribution in [2.24, 2.45) is 11.3 Å². The van der Waals surface area contributed by atoms with Crippen molar-refractivity contribution in [2.45, 2.75) is 57.4 Å². The molecule has 2 aliphatic rings. The fourth-order valence-electron chi connectivity index (χ4n) is 3.46. The van der Waals surface area contributed by atoms with E-state index in [-0.39, 0.29) is 5.60 Å². The lowest BCUT2D eigenvalue weighted by atomic mass is 9.83. The average molecular weight is 217 g/mol. The molecular formula is C12H21ClO. The summed E-state index contributed by atoms with van der Waals surface area (Å²) in [5.41, 5.74) is 0.543. The molecule has 0 bridgehead atoms. The molecule has 0 aromatic heterocycles. The molecule has 1 aliphatic heterocycles. The molecule has 0 radical (unpaired) electrons. The predicted molar refractivity (Wildman–Crippen MR) is 59.7 cm³/mol. The summed E-state index contributed by atoms with van der Waals surface area (Å²) in [5.74, 6) is 0.666. The van der Waals surface area contributed by atoms with Gasteiger partial charge < -0.3 is 4.74 Å². The standard InChI is InChI=1S/C12H21ClO/c1-9-6-11(2,3)8-12(9)7-10(13)4-5-14-12/h9-10H,4-8H2,1-3H3. The molecule has 2 fully saturated rings. The van der Waals surface area contributed by atoms with E-state index in [2.05, 4.69) is 20.8 Å². The molecule has 0 aromatic carbocycles. The summed E-state index contributed by atoms with van der Waals surface area (Å²) in [6.45, 7) is 7.87. The van der Waals surface area contributed by atoms with Crippen molar-refractivity contribution in [2.75, 3.05) is 6.61 Å². The summed E-state index contributed by atoms with van der Waals surface area (Å²) in [6.07, 6.45) is 4.54. The maximum Gasteiger partial charge on any atom is 0.0727 e. The van der Waals surface area contributed by atoms with E-state index in [0.29, 0.717) is 16.7 Å². The second-order valence-corrected chi connectivity index (χ2v) is 6.57. The van der Waals surface area contributed by atoms with Gasteiger partial charge in [0, 0.05) is 12.0 Å². The van der Waals surface area contributed by atoms with Crippen LogP contribution in [0.1, 0.15) is 46.5 Å². The van der Waals surface area contributed by atoms with E-state index >= 15 is 0 Å². The molecule has 1 heterocycles. The predicted octanol–water partition coefficient (Wildman–Crippen LogP) is 3.60. The molecule has 82 valence electrons. The van der Waals surface area contributed by atoms with E-state index in [1.807, 2.05) is 0 Å². The monoisotopic (exact) mass is 216 g/mol. The van der Waals surface area contributed by atoms with Gasteiger partial charge in [0.2, 0.25) is 0 Å². The zero-order valence-electron chi connectivity index (χ0n) is 9.48. The van der Waals surface area contributed by atoms with Gasteiger partial charge in [-0.05, 0) is 37.0 Å². The van der Waals surface area contributed by atoms with Crippen LogP contribution in [0, 0.1) is 11.3 Å². The summed E-state index contributed by atoms with van der Waals surface area (Å²) in [5, 5.41) is 0.333. The van der Waals surface area contributed by atoms with E-state index in [9.17, 15) is 0 Å². The van der Waals surface area contributed by atoms with Crippen LogP contribution in [0.5, 0.6) is 0 Å². The first-order chi connectivity index (χ1) is 6.44. The van der Waals surface area contributed by atoms with Crippen molar-refractivity contribution in [1.82, 2.24) is 0 Å². The lowest BCUT2D eigenvalue weighted by molar-refractivity contribution is -0.1000. The van der Waals surface area contributed by atoms with Gasteiger partial charge in [-0.3, -0.25) is 0 Å². The van der Waals surface area contributed by atoms with E-state index in [0.717, 1.165) is 19.4 Å². The van der Waals surface area contributed by atoms with E-state index < -0.39 is 0 Å². The number of alkyl halides is 1. The van der Waals surface area contributed by atoms with Crippen LogP contribution in [-0.2, 0) is 4.74 Å². The lowest BCUT2D eigenvalue weighted by Gasteiger charge is -2.40. The molecule has 1 saturated heterocycles. The Morgan fingerprint density at radius 2 is 2.00 bits per heavy atom. The minimum absolute atomic E-state index is 0.105. The Morgan fingerprint density at radius 3 is 2.50 bits per heavy atom. The molecule has 2 heteroatoms. The number of rotatable bonds is 0. The highest BCUT2D eigenvalue weighted by molar-refractivity contribution is 6.20. The van der Waals surface area contributed by atoms with Gasteiger partial charge in [-0.2, -0.15) is 0 Å². The van der Waals surface area contributed by atoms with Crippen LogP contribution >= 0.6 is 11.6 Å². The molecular weight excluding hydrogens is 196 g/mol. The normalized spacial score (nSPS) is 47.1. The van der Waals surface area contributed by atoms with Gasteiger partial charge >= 0.3 is 0 Å². The molecule has 0 N–H and O–H groups in total. The van der Waals surface area contributed by atoms with E-state index in [1.54, 1.807) is 0 Å². The highest BCUT2D eigenvalue weighted by Crippen LogP contribution is 2.53. The molecule has 1 nitrogen and oxygen atoms in total. The molecule has 0 amide bonds. The van der Waals surface area contributed by atoms with Gasteiger partial charge in [-0.1, -0.05) is 20.8 Å². The smallest absolute Gasteiger partial charge is 0.0727 e. The summed E-state index contributed by atoms with van der Waals surface area (Å²) < 4.78 is 6.06. The minimum Gasteiger partial charge on any atom is -0.375 e. The highest BCUT2D eigenvalue weighted by atomic mass is 35.5. The molecule has 14 heavy (non-hydrogen) atoms. The Morgan fingerprint density at radius 1 is 1.29 bits per heavy atom. The molecule has 1 aliphatic carbocycles. The van der Waals surface area contributed by atoms with Crippen molar-refractivity contribution < 1.29 is 4.74 Å². The van der Waals surface area contributed by atoms with Gasteiger partial charge in [0.25, 0.3) is 0 Å². The number of hydrogen-bond donors (Lipinski definition) is 0. The first kappa shape index (κ1) is 10.8. The third-order valence-corrected chi connectivity index (χ3v) is 4.29. The fraction of sp³-hybridized carbons (Fsp3) is 1.00. The molecule has 0 aromatic rings. The molecule has 2 rings (SSSR count). The van der Waals surface area contributed by atoms with Crippen molar-refractivity contribution in [3.05, 3.63) is 0 Å². The highest BCUT2D eigenvalue weighted by Gasteiger charge is 2.51. The second kappa shape index (κ2) is 3.38. The van der Waals surface area contributed by atoms with E-state index in [1.165, 1.54) is 12.8 Å². The van der Waals surface area contributed by atoms with Gasteiger partial charge in [0.15, 0.2) is 0 Å². The average Bonchev–Trinajstić information content (AvgIpc) is 2.20. The first-order valence-electron chi connectivity index (χ1n) is 5.72. The minimum atomic E-state index is 0.105. The van der Waals surface area contributed by atoms with Crippen LogP contribution in [0.2, 0.25) is 0 Å². The van der Waals surface area contributed by atoms with E-state index in [4.69, 9.17) is 16.3 Å². The van der Waals surface area contributed by atoms with Crippen LogP contribution < -0.4 is 0 Å². The van der Waals surface area contributed by atoms with Crippen LogP contribution in [0.25, 0.3) is 0 Å². The Labute approximate surface area is 92.2 Å². The fourth-order valence-corrected chi connectivity index (χ4v) is 3.81. The zero-order valence-corrected chi connectivity index (χ0v) is 10.2. The summed E-state index contributed by atoms with van der Waals surface area (Å²) in [6, 6.07) is 0.